The summed E-state index contributed by atoms with van der Waals surface area (Å²) < 4.78 is 2.08. The van der Waals surface area contributed by atoms with Crippen molar-refractivity contribution < 1.29 is 4.79 Å². The summed E-state index contributed by atoms with van der Waals surface area (Å²) in [5.74, 6) is -0.438. The van der Waals surface area contributed by atoms with E-state index in [4.69, 9.17) is 0 Å². The van der Waals surface area contributed by atoms with E-state index in [-0.39, 0.29) is 5.57 Å². The van der Waals surface area contributed by atoms with E-state index in [1.807, 2.05) is 51.1 Å². The predicted molar refractivity (Wildman–Crippen MR) is 128 cm³/mol. The van der Waals surface area contributed by atoms with Gasteiger partial charge in [0, 0.05) is 22.0 Å². The number of nitrogens with zero attached hydrogens (tertiary/aromatic N) is 3. The molecular formula is C26H24N4OS. The van der Waals surface area contributed by atoms with Crippen LogP contribution in [0.4, 0.5) is 5.69 Å². The molecule has 5 nitrogen and oxygen atoms in total. The highest BCUT2D eigenvalue weighted by molar-refractivity contribution is 7.15. The molecule has 4 rings (SSSR count). The number of aromatic nitrogens is 1. The predicted octanol–water partition coefficient (Wildman–Crippen LogP) is 5.76. The molecule has 0 radical (unpaired) electrons. The number of amides is 1. The number of carbonyl (C=O) groups excluding carboxylic acids is 1. The third-order valence-corrected chi connectivity index (χ3v) is 7.16. The molecule has 0 saturated heterocycles. The number of benzene rings is 1. The topological polar surface area (TPSA) is 81.6 Å². The highest BCUT2D eigenvalue weighted by Gasteiger charge is 2.24. The van der Waals surface area contributed by atoms with Gasteiger partial charge in [-0.15, -0.1) is 11.3 Å². The Bertz CT molecular complexity index is 1330. The minimum atomic E-state index is -0.438. The number of nitrogens with one attached hydrogen (secondary N) is 1. The van der Waals surface area contributed by atoms with Crippen LogP contribution in [0.5, 0.6) is 0 Å². The van der Waals surface area contributed by atoms with Crippen molar-refractivity contribution in [2.45, 2.75) is 46.5 Å². The van der Waals surface area contributed by atoms with E-state index in [9.17, 15) is 15.3 Å². The molecule has 32 heavy (non-hydrogen) atoms. The van der Waals surface area contributed by atoms with Crippen LogP contribution in [0.15, 0.2) is 35.9 Å². The third-order valence-electron chi connectivity index (χ3n) is 5.88. The number of aryl methyl sites for hydroxylation is 3. The summed E-state index contributed by atoms with van der Waals surface area (Å²) in [6.07, 6.45) is 5.90. The summed E-state index contributed by atoms with van der Waals surface area (Å²) >= 11 is 1.69. The Morgan fingerprint density at radius 2 is 1.94 bits per heavy atom. The molecule has 0 atom stereocenters. The van der Waals surface area contributed by atoms with Crippen molar-refractivity contribution in [2.24, 2.45) is 0 Å². The van der Waals surface area contributed by atoms with Gasteiger partial charge in [-0.05, 0) is 87.4 Å². The lowest BCUT2D eigenvalue weighted by Crippen LogP contribution is -2.13. The van der Waals surface area contributed by atoms with Crippen LogP contribution in [0.3, 0.4) is 0 Å². The molecule has 2 aromatic heterocycles. The van der Waals surface area contributed by atoms with Crippen LogP contribution in [-0.4, -0.2) is 10.5 Å². The molecule has 0 unspecified atom stereocenters. The zero-order valence-electron chi connectivity index (χ0n) is 18.5. The fourth-order valence-corrected chi connectivity index (χ4v) is 5.75. The highest BCUT2D eigenvalue weighted by atomic mass is 32.1. The number of thiophene rings is 1. The SMILES string of the molecule is Cc1cccc(NC(=O)/C(C#N)=C\c2cc(C)n(-c3sc4c(c3C#N)CCCC4)c2C)c1. The Morgan fingerprint density at radius 3 is 2.66 bits per heavy atom. The largest absolute Gasteiger partial charge is 0.321 e. The number of carbonyl (C=O) groups is 1. The van der Waals surface area contributed by atoms with Gasteiger partial charge in [0.1, 0.15) is 22.7 Å². The molecule has 1 N–H and O–H groups in total. The normalized spacial score (nSPS) is 13.2. The minimum absolute atomic E-state index is 0.0396. The fraction of sp³-hybridized carbons (Fsp3) is 0.269. The molecule has 6 heteroatoms. The summed E-state index contributed by atoms with van der Waals surface area (Å²) in [6.45, 7) is 5.90. The number of rotatable bonds is 4. The van der Waals surface area contributed by atoms with Crippen LogP contribution in [0.1, 0.15) is 51.4 Å². The highest BCUT2D eigenvalue weighted by Crippen LogP contribution is 2.38. The van der Waals surface area contributed by atoms with Gasteiger partial charge >= 0.3 is 0 Å². The van der Waals surface area contributed by atoms with Gasteiger partial charge in [0.05, 0.1) is 5.56 Å². The quantitative estimate of drug-likeness (QED) is 0.414. The first-order valence-electron chi connectivity index (χ1n) is 10.7. The van der Waals surface area contributed by atoms with Crippen LogP contribution >= 0.6 is 11.3 Å². The van der Waals surface area contributed by atoms with Crippen molar-refractivity contribution >= 4 is 29.0 Å². The molecule has 0 saturated carbocycles. The van der Waals surface area contributed by atoms with E-state index in [0.717, 1.165) is 58.8 Å². The van der Waals surface area contributed by atoms with E-state index in [1.165, 1.54) is 10.4 Å². The number of fused-ring (bicyclic) bond motifs is 1. The van der Waals surface area contributed by atoms with Gasteiger partial charge in [-0.2, -0.15) is 10.5 Å². The molecule has 0 bridgehead atoms. The lowest BCUT2D eigenvalue weighted by Gasteiger charge is -2.10. The van der Waals surface area contributed by atoms with Crippen molar-refractivity contribution in [3.05, 3.63) is 74.4 Å². The molecule has 0 spiro atoms. The van der Waals surface area contributed by atoms with Gasteiger partial charge in [0.15, 0.2) is 0 Å². The first-order valence-corrected chi connectivity index (χ1v) is 11.5. The minimum Gasteiger partial charge on any atom is -0.321 e. The van der Waals surface area contributed by atoms with Crippen LogP contribution < -0.4 is 5.32 Å². The van der Waals surface area contributed by atoms with Gasteiger partial charge in [0.2, 0.25) is 0 Å². The molecule has 1 amide bonds. The zero-order chi connectivity index (χ0) is 22.8. The monoisotopic (exact) mass is 440 g/mol. The Labute approximate surface area is 192 Å². The molecule has 1 aliphatic rings. The van der Waals surface area contributed by atoms with E-state index >= 15 is 0 Å². The van der Waals surface area contributed by atoms with Gasteiger partial charge in [-0.25, -0.2) is 0 Å². The summed E-state index contributed by atoms with van der Waals surface area (Å²) in [5.41, 5.74) is 6.36. The average Bonchev–Trinajstić information content (AvgIpc) is 3.27. The Hall–Kier alpha value is -3.61. The second-order valence-electron chi connectivity index (χ2n) is 8.16. The number of hydrogen-bond donors (Lipinski definition) is 1. The van der Waals surface area contributed by atoms with E-state index < -0.39 is 5.91 Å². The van der Waals surface area contributed by atoms with Crippen molar-refractivity contribution in [1.82, 2.24) is 4.57 Å². The summed E-state index contributed by atoms with van der Waals surface area (Å²) in [4.78, 5) is 14.0. The maximum absolute atomic E-state index is 12.7. The standard InChI is InChI=1S/C26H24N4OS/c1-16-7-6-8-21(11-16)29-25(31)20(14-27)13-19-12-17(2)30(18(19)3)26-23(15-28)22-9-4-5-10-24(22)32-26/h6-8,11-13H,4-5,9-10H2,1-3H3,(H,29,31)/b20-13-. The van der Waals surface area contributed by atoms with Crippen molar-refractivity contribution in [3.8, 4) is 17.1 Å². The Kier molecular flexibility index (Phi) is 5.99. The fourth-order valence-electron chi connectivity index (χ4n) is 4.30. The molecule has 3 aromatic rings. The molecule has 0 aliphatic heterocycles. The zero-order valence-corrected chi connectivity index (χ0v) is 19.3. The van der Waals surface area contributed by atoms with E-state index in [0.29, 0.717) is 5.69 Å². The van der Waals surface area contributed by atoms with Gasteiger partial charge < -0.3 is 9.88 Å². The lowest BCUT2D eigenvalue weighted by molar-refractivity contribution is -0.112. The van der Waals surface area contributed by atoms with Gasteiger partial charge in [-0.3, -0.25) is 4.79 Å². The number of hydrogen-bond acceptors (Lipinski definition) is 4. The first kappa shape index (κ1) is 21.6. The first-order chi connectivity index (χ1) is 15.4. The smallest absolute Gasteiger partial charge is 0.266 e. The van der Waals surface area contributed by atoms with Gasteiger partial charge in [0.25, 0.3) is 5.91 Å². The van der Waals surface area contributed by atoms with Crippen LogP contribution in [-0.2, 0) is 17.6 Å². The van der Waals surface area contributed by atoms with Crippen LogP contribution in [0.2, 0.25) is 0 Å². The molecule has 1 aromatic carbocycles. The molecule has 2 heterocycles. The summed E-state index contributed by atoms with van der Waals surface area (Å²) in [5, 5.41) is 23.2. The average molecular weight is 441 g/mol. The van der Waals surface area contributed by atoms with Crippen LogP contribution in [0, 0.1) is 43.4 Å². The second-order valence-corrected chi connectivity index (χ2v) is 9.24. The lowest BCUT2D eigenvalue weighted by atomic mass is 9.96. The van der Waals surface area contributed by atoms with Crippen molar-refractivity contribution in [2.75, 3.05) is 5.32 Å². The maximum Gasteiger partial charge on any atom is 0.266 e. The van der Waals surface area contributed by atoms with E-state index in [1.54, 1.807) is 23.5 Å². The summed E-state index contributed by atoms with van der Waals surface area (Å²) in [6, 6.07) is 13.9. The summed E-state index contributed by atoms with van der Waals surface area (Å²) in [7, 11) is 0. The number of nitriles is 2. The van der Waals surface area contributed by atoms with Gasteiger partial charge in [-0.1, -0.05) is 12.1 Å². The number of anilines is 1. The molecule has 0 fully saturated rings. The van der Waals surface area contributed by atoms with E-state index in [2.05, 4.69) is 16.0 Å². The second kappa shape index (κ2) is 8.86. The third kappa shape index (κ3) is 3.98. The molecular weight excluding hydrogens is 416 g/mol. The maximum atomic E-state index is 12.7. The van der Waals surface area contributed by atoms with Crippen molar-refractivity contribution in [1.29, 1.82) is 10.5 Å². The molecule has 160 valence electrons. The molecule has 1 aliphatic carbocycles. The Balaban J connectivity index is 1.71. The Morgan fingerprint density at radius 1 is 1.16 bits per heavy atom. The van der Waals surface area contributed by atoms with Crippen molar-refractivity contribution in [3.63, 3.8) is 0 Å². The van der Waals surface area contributed by atoms with Crippen LogP contribution in [0.25, 0.3) is 11.1 Å².